The van der Waals surface area contributed by atoms with E-state index in [0.29, 0.717) is 0 Å². The Hall–Kier alpha value is -1.46. The van der Waals surface area contributed by atoms with E-state index in [-0.39, 0.29) is 23.7 Å². The largest absolute Gasteiger partial charge is 0.509 e. The summed E-state index contributed by atoms with van der Waals surface area (Å²) in [4.78, 5) is 13.7. The SMILES string of the molecule is [B]N1CC(O)=C(C(=O)N(C)C)C1=N. The van der Waals surface area contributed by atoms with E-state index in [9.17, 15) is 9.90 Å². The van der Waals surface area contributed by atoms with Gasteiger partial charge in [0.15, 0.2) is 0 Å². The molecule has 0 atom stereocenters. The van der Waals surface area contributed by atoms with E-state index >= 15 is 0 Å². The third-order valence-electron chi connectivity index (χ3n) is 1.75. The first-order valence-electron chi connectivity index (χ1n) is 3.70. The number of carbonyl (C=O) groups is 1. The number of amides is 1. The van der Waals surface area contributed by atoms with Gasteiger partial charge in [-0.05, 0) is 0 Å². The van der Waals surface area contributed by atoms with Gasteiger partial charge in [0, 0.05) is 14.1 Å². The first-order chi connectivity index (χ1) is 5.95. The Labute approximate surface area is 77.6 Å². The Bertz CT molecular complexity index is 298. The summed E-state index contributed by atoms with van der Waals surface area (Å²) in [5.74, 6) is -0.696. The lowest BCUT2D eigenvalue weighted by Crippen LogP contribution is -2.30. The lowest BCUT2D eigenvalue weighted by Gasteiger charge is -2.14. The van der Waals surface area contributed by atoms with Gasteiger partial charge in [-0.25, -0.2) is 0 Å². The van der Waals surface area contributed by atoms with Crippen molar-refractivity contribution in [1.29, 1.82) is 5.41 Å². The van der Waals surface area contributed by atoms with Crippen molar-refractivity contribution in [3.63, 3.8) is 0 Å². The molecule has 0 bridgehead atoms. The van der Waals surface area contributed by atoms with Crippen molar-refractivity contribution < 1.29 is 9.90 Å². The maximum atomic E-state index is 11.4. The molecule has 0 spiro atoms. The van der Waals surface area contributed by atoms with Crippen LogP contribution >= 0.6 is 0 Å². The minimum Gasteiger partial charge on any atom is -0.509 e. The average Bonchev–Trinajstić information content (AvgIpc) is 2.26. The summed E-state index contributed by atoms with van der Waals surface area (Å²) in [7, 11) is 8.43. The number of rotatable bonds is 1. The van der Waals surface area contributed by atoms with Gasteiger partial charge in [-0.3, -0.25) is 10.2 Å². The quantitative estimate of drug-likeness (QED) is 0.521. The minimum absolute atomic E-state index is 0.0208. The summed E-state index contributed by atoms with van der Waals surface area (Å²) in [6.07, 6.45) is 0. The van der Waals surface area contributed by atoms with Crippen LogP contribution in [0.4, 0.5) is 0 Å². The Balaban J connectivity index is 2.98. The molecule has 5 nitrogen and oxygen atoms in total. The molecule has 0 saturated heterocycles. The Kier molecular flexibility index (Phi) is 2.31. The van der Waals surface area contributed by atoms with E-state index in [4.69, 9.17) is 13.4 Å². The highest BCUT2D eigenvalue weighted by Crippen LogP contribution is 2.16. The van der Waals surface area contributed by atoms with Crippen LogP contribution < -0.4 is 0 Å². The van der Waals surface area contributed by atoms with E-state index in [1.807, 2.05) is 0 Å². The summed E-state index contributed by atoms with van der Waals surface area (Å²) < 4.78 is 0. The van der Waals surface area contributed by atoms with Crippen molar-refractivity contribution in [1.82, 2.24) is 9.71 Å². The molecule has 68 valence electrons. The standard InChI is InChI=1S/C7H10BN3O2/c1-10(2)7(13)5-4(12)3-11(8)6(5)9/h9,12H,3H2,1-2H3. The number of nitrogens with one attached hydrogen (secondary N) is 1. The summed E-state index contributed by atoms with van der Waals surface area (Å²) in [5.41, 5.74) is -0.0208. The summed E-state index contributed by atoms with van der Waals surface area (Å²) >= 11 is 0. The fourth-order valence-corrected chi connectivity index (χ4v) is 1.05. The summed E-state index contributed by atoms with van der Waals surface area (Å²) in [6, 6.07) is 0. The van der Waals surface area contributed by atoms with Gasteiger partial charge in [-0.1, -0.05) is 0 Å². The molecule has 1 aliphatic rings. The maximum absolute atomic E-state index is 11.4. The number of hydrogen-bond donors (Lipinski definition) is 2. The first-order valence-corrected chi connectivity index (χ1v) is 3.70. The molecule has 1 aliphatic heterocycles. The molecule has 2 N–H and O–H groups in total. The van der Waals surface area contributed by atoms with Gasteiger partial charge in [-0.2, -0.15) is 0 Å². The third-order valence-corrected chi connectivity index (χ3v) is 1.75. The number of likely N-dealkylation sites (N-methyl/N-ethyl adjacent to an activating group) is 1. The fraction of sp³-hybridized carbons (Fsp3) is 0.429. The van der Waals surface area contributed by atoms with Crippen LogP contribution in [0.2, 0.25) is 0 Å². The van der Waals surface area contributed by atoms with Crippen LogP contribution in [-0.4, -0.2) is 55.2 Å². The zero-order valence-corrected chi connectivity index (χ0v) is 7.53. The van der Waals surface area contributed by atoms with Crippen LogP contribution in [0.1, 0.15) is 0 Å². The number of hydrogen-bond acceptors (Lipinski definition) is 3. The molecule has 0 saturated carbocycles. The van der Waals surface area contributed by atoms with Crippen LogP contribution in [0, 0.1) is 5.41 Å². The number of nitrogens with zero attached hydrogens (tertiary/aromatic N) is 2. The molecule has 1 amide bonds. The van der Waals surface area contributed by atoms with E-state index in [1.54, 1.807) is 14.1 Å². The second kappa shape index (κ2) is 3.12. The van der Waals surface area contributed by atoms with Crippen molar-refractivity contribution in [2.75, 3.05) is 20.6 Å². The molecule has 0 aromatic rings. The average molecular weight is 179 g/mol. The predicted octanol–water partition coefficient (Wildman–Crippen LogP) is -0.737. The maximum Gasteiger partial charge on any atom is 0.260 e. The number of carbonyl (C=O) groups excluding carboxylic acids is 1. The number of aliphatic hydroxyl groups excluding tert-OH is 1. The second-order valence-electron chi connectivity index (χ2n) is 3.00. The van der Waals surface area contributed by atoms with Crippen LogP contribution in [-0.2, 0) is 4.79 Å². The van der Waals surface area contributed by atoms with Crippen LogP contribution in [0.15, 0.2) is 11.3 Å². The monoisotopic (exact) mass is 179 g/mol. The van der Waals surface area contributed by atoms with Crippen molar-refractivity contribution in [3.8, 4) is 0 Å². The molecule has 6 heteroatoms. The molecular weight excluding hydrogens is 169 g/mol. The van der Waals surface area contributed by atoms with E-state index in [1.165, 1.54) is 4.90 Å². The zero-order valence-electron chi connectivity index (χ0n) is 7.53. The Morgan fingerprint density at radius 3 is 2.54 bits per heavy atom. The van der Waals surface area contributed by atoms with Gasteiger partial charge >= 0.3 is 0 Å². The number of amidine groups is 1. The molecule has 0 fully saturated rings. The smallest absolute Gasteiger partial charge is 0.260 e. The fourth-order valence-electron chi connectivity index (χ4n) is 1.05. The summed E-state index contributed by atoms with van der Waals surface area (Å²) in [5, 5.41) is 16.7. The molecule has 1 rings (SSSR count). The van der Waals surface area contributed by atoms with E-state index in [0.717, 1.165) is 4.81 Å². The first kappa shape index (κ1) is 9.63. The highest BCUT2D eigenvalue weighted by molar-refractivity contribution is 6.29. The lowest BCUT2D eigenvalue weighted by atomic mass is 10.2. The number of aliphatic hydroxyl groups is 1. The third kappa shape index (κ3) is 1.51. The van der Waals surface area contributed by atoms with Crippen molar-refractivity contribution in [2.24, 2.45) is 0 Å². The predicted molar refractivity (Wildman–Crippen MR) is 48.5 cm³/mol. The van der Waals surface area contributed by atoms with E-state index in [2.05, 4.69) is 0 Å². The second-order valence-corrected chi connectivity index (χ2v) is 3.00. The normalized spacial score (nSPS) is 16.8. The molecule has 2 radical (unpaired) electrons. The topological polar surface area (TPSA) is 67.6 Å². The van der Waals surface area contributed by atoms with Gasteiger partial charge in [0.2, 0.25) is 7.98 Å². The Morgan fingerprint density at radius 2 is 2.23 bits per heavy atom. The molecule has 0 aromatic heterocycles. The molecular formula is C7H10BN3O2. The highest BCUT2D eigenvalue weighted by atomic mass is 16.3. The van der Waals surface area contributed by atoms with Crippen LogP contribution in [0.5, 0.6) is 0 Å². The molecule has 1 heterocycles. The van der Waals surface area contributed by atoms with Gasteiger partial charge in [-0.15, -0.1) is 0 Å². The highest BCUT2D eigenvalue weighted by Gasteiger charge is 2.30. The molecule has 0 unspecified atom stereocenters. The Morgan fingerprint density at radius 1 is 1.69 bits per heavy atom. The van der Waals surface area contributed by atoms with Gasteiger partial charge in [0.05, 0.1) is 6.54 Å². The lowest BCUT2D eigenvalue weighted by molar-refractivity contribution is -0.124. The molecule has 0 aliphatic carbocycles. The van der Waals surface area contributed by atoms with E-state index < -0.39 is 5.91 Å². The van der Waals surface area contributed by atoms with Crippen molar-refractivity contribution >= 4 is 19.7 Å². The van der Waals surface area contributed by atoms with Gasteiger partial charge in [0.25, 0.3) is 5.91 Å². The van der Waals surface area contributed by atoms with Crippen molar-refractivity contribution in [3.05, 3.63) is 11.3 Å². The zero-order chi connectivity index (χ0) is 10.2. The molecule has 0 aromatic carbocycles. The molecule has 13 heavy (non-hydrogen) atoms. The van der Waals surface area contributed by atoms with Gasteiger partial charge in [0.1, 0.15) is 17.2 Å². The summed E-state index contributed by atoms with van der Waals surface area (Å²) in [6.45, 7) is 0.0216. The van der Waals surface area contributed by atoms with Gasteiger partial charge < -0.3 is 14.8 Å². The van der Waals surface area contributed by atoms with Crippen LogP contribution in [0.25, 0.3) is 0 Å². The van der Waals surface area contributed by atoms with Crippen LogP contribution in [0.3, 0.4) is 0 Å². The minimum atomic E-state index is -0.407. The van der Waals surface area contributed by atoms with Crippen molar-refractivity contribution in [2.45, 2.75) is 0 Å².